The number of aryl methyl sites for hydroxylation is 1. The van der Waals surface area contributed by atoms with Gasteiger partial charge in [0.25, 0.3) is 0 Å². The van der Waals surface area contributed by atoms with Crippen molar-refractivity contribution in [1.82, 2.24) is 14.8 Å². The highest BCUT2D eigenvalue weighted by Gasteiger charge is 2.46. The second kappa shape index (κ2) is 14.7. The predicted octanol–water partition coefficient (Wildman–Crippen LogP) is 4.92. The fourth-order valence-electron chi connectivity index (χ4n) is 5.68. The summed E-state index contributed by atoms with van der Waals surface area (Å²) in [5.41, 5.74) is 0.534. The number of hydrogen-bond donors (Lipinski definition) is 0. The van der Waals surface area contributed by atoms with Crippen molar-refractivity contribution in [3.8, 4) is 6.07 Å². The Morgan fingerprint density at radius 1 is 1.09 bits per heavy atom. The van der Waals surface area contributed by atoms with Gasteiger partial charge in [0.15, 0.2) is 0 Å². The Hall–Kier alpha value is -3.30. The number of aromatic nitrogens is 1. The second-order valence-corrected chi connectivity index (χ2v) is 13.1. The molecule has 1 saturated heterocycles. The molecule has 44 heavy (non-hydrogen) atoms. The Bertz CT molecular complexity index is 1470. The first-order valence-electron chi connectivity index (χ1n) is 14.2. The molecule has 0 radical (unpaired) electrons. The lowest BCUT2D eigenvalue weighted by atomic mass is 9.74. The van der Waals surface area contributed by atoms with Gasteiger partial charge in [-0.05, 0) is 38.0 Å². The number of rotatable bonds is 10. The Kier molecular flexibility index (Phi) is 11.2. The summed E-state index contributed by atoms with van der Waals surface area (Å²) in [7, 11) is 2.50. The van der Waals surface area contributed by atoms with Crippen molar-refractivity contribution in [1.29, 1.82) is 5.26 Å². The Labute approximate surface area is 271 Å². The van der Waals surface area contributed by atoms with Gasteiger partial charge >= 0.3 is 11.9 Å². The molecule has 13 heteroatoms. The number of aliphatic imine (C=N–C) groups is 1. The summed E-state index contributed by atoms with van der Waals surface area (Å²) in [5.74, 6) is -3.63. The molecule has 3 heterocycles. The van der Waals surface area contributed by atoms with Crippen LogP contribution in [0, 0.1) is 22.7 Å². The van der Waals surface area contributed by atoms with Crippen LogP contribution < -0.4 is 0 Å². The average Bonchev–Trinajstić information content (AvgIpc) is 3.53. The number of methoxy groups -OCH3 is 2. The van der Waals surface area contributed by atoms with Gasteiger partial charge in [0.1, 0.15) is 5.92 Å². The van der Waals surface area contributed by atoms with Crippen LogP contribution in [0.15, 0.2) is 46.0 Å². The van der Waals surface area contributed by atoms with Crippen molar-refractivity contribution < 1.29 is 23.9 Å². The number of thiazole rings is 1. The van der Waals surface area contributed by atoms with Crippen LogP contribution in [-0.4, -0.2) is 85.3 Å². The maximum Gasteiger partial charge on any atom is 0.336 e. The minimum Gasteiger partial charge on any atom is -0.468 e. The van der Waals surface area contributed by atoms with Crippen molar-refractivity contribution in [2.45, 2.75) is 39.0 Å². The fourth-order valence-corrected chi connectivity index (χ4v) is 6.93. The molecule has 1 fully saturated rings. The number of ether oxygens (including phenoxy) is 2. The number of benzene rings is 1. The number of carbonyl (C=O) groups excluding carboxylic acids is 3. The van der Waals surface area contributed by atoms with Crippen molar-refractivity contribution >= 4 is 58.1 Å². The van der Waals surface area contributed by atoms with Gasteiger partial charge in [-0.3, -0.25) is 19.5 Å². The van der Waals surface area contributed by atoms with E-state index in [1.807, 2.05) is 19.2 Å². The molecule has 2 unspecified atom stereocenters. The van der Waals surface area contributed by atoms with Gasteiger partial charge < -0.3 is 14.4 Å². The maximum atomic E-state index is 13.7. The standard InChI is InChI=1S/C31H35Cl2N5O5S/c1-31(2,17-34)18-37-11-13-38(14-12-37)24(39)16-22-27(30(41)43-4)28(25-19(32)6-5-7-20(25)33)26(29(40)42-3)21(36-22)8-9-23-35-10-15-44-23/h5-7,10,15,26,28H,8-9,11-14,16,18H2,1-4H3. The number of esters is 2. The van der Waals surface area contributed by atoms with Crippen LogP contribution in [0.1, 0.15) is 43.2 Å². The van der Waals surface area contributed by atoms with Crippen molar-refractivity contribution in [3.63, 3.8) is 0 Å². The number of halogens is 2. The first-order chi connectivity index (χ1) is 21.0. The zero-order valence-electron chi connectivity index (χ0n) is 25.1. The first kappa shape index (κ1) is 33.6. The van der Waals surface area contributed by atoms with Gasteiger partial charge in [0.05, 0.1) is 48.4 Å². The lowest BCUT2D eigenvalue weighted by Gasteiger charge is -2.37. The number of carbonyl (C=O) groups is 3. The number of nitrogens with zero attached hydrogens (tertiary/aromatic N) is 5. The Balaban J connectivity index is 1.75. The second-order valence-electron chi connectivity index (χ2n) is 11.3. The molecule has 0 N–H and O–H groups in total. The smallest absolute Gasteiger partial charge is 0.336 e. The third-order valence-electron chi connectivity index (χ3n) is 7.81. The van der Waals surface area contributed by atoms with Crippen LogP contribution in [0.4, 0.5) is 0 Å². The molecule has 4 rings (SSSR count). The van der Waals surface area contributed by atoms with Gasteiger partial charge in [-0.25, -0.2) is 9.78 Å². The molecular weight excluding hydrogens is 625 g/mol. The highest BCUT2D eigenvalue weighted by atomic mass is 35.5. The normalized spacial score (nSPS) is 19.3. The third kappa shape index (κ3) is 7.67. The summed E-state index contributed by atoms with van der Waals surface area (Å²) in [4.78, 5) is 53.7. The molecule has 0 aliphatic carbocycles. The van der Waals surface area contributed by atoms with Crippen molar-refractivity contribution in [3.05, 3.63) is 61.7 Å². The highest BCUT2D eigenvalue weighted by Crippen LogP contribution is 2.46. The zero-order valence-corrected chi connectivity index (χ0v) is 27.5. The largest absolute Gasteiger partial charge is 0.468 e. The third-order valence-corrected chi connectivity index (χ3v) is 9.31. The highest BCUT2D eigenvalue weighted by molar-refractivity contribution is 7.09. The molecular formula is C31H35Cl2N5O5S. The quantitative estimate of drug-likeness (QED) is 0.329. The maximum absolute atomic E-state index is 13.7. The molecule has 2 aliphatic rings. The summed E-state index contributed by atoms with van der Waals surface area (Å²) in [6.07, 6.45) is 2.32. The van der Waals surface area contributed by atoms with E-state index < -0.39 is 29.2 Å². The lowest BCUT2D eigenvalue weighted by Crippen LogP contribution is -2.50. The van der Waals surface area contributed by atoms with E-state index in [2.05, 4.69) is 16.0 Å². The molecule has 0 bridgehead atoms. The molecule has 2 aliphatic heterocycles. The SMILES string of the molecule is COC(=O)C1=C(CC(=O)N2CCN(CC(C)(C)C#N)CC2)N=C(CCc2nccs2)C(C(=O)OC)C1c1c(Cl)cccc1Cl. The van der Waals surface area contributed by atoms with Gasteiger partial charge in [0, 0.05) is 72.4 Å². The van der Waals surface area contributed by atoms with Crippen LogP contribution in [0.25, 0.3) is 0 Å². The first-order valence-corrected chi connectivity index (χ1v) is 15.8. The van der Waals surface area contributed by atoms with E-state index in [1.54, 1.807) is 29.3 Å². The summed E-state index contributed by atoms with van der Waals surface area (Å²) < 4.78 is 10.4. The Morgan fingerprint density at radius 2 is 1.77 bits per heavy atom. The van der Waals surface area contributed by atoms with E-state index in [-0.39, 0.29) is 33.6 Å². The van der Waals surface area contributed by atoms with E-state index in [4.69, 9.17) is 37.7 Å². The van der Waals surface area contributed by atoms with Gasteiger partial charge in [-0.2, -0.15) is 5.26 Å². The summed E-state index contributed by atoms with van der Waals surface area (Å²) in [5, 5.41) is 12.6. The number of amides is 1. The molecule has 234 valence electrons. The monoisotopic (exact) mass is 659 g/mol. The van der Waals surface area contributed by atoms with Crippen LogP contribution in [0.5, 0.6) is 0 Å². The van der Waals surface area contributed by atoms with Crippen LogP contribution >= 0.6 is 34.5 Å². The molecule has 0 saturated carbocycles. The molecule has 1 aromatic heterocycles. The Morgan fingerprint density at radius 3 is 2.34 bits per heavy atom. The minimum atomic E-state index is -1.04. The summed E-state index contributed by atoms with van der Waals surface area (Å²) >= 11 is 14.8. The summed E-state index contributed by atoms with van der Waals surface area (Å²) in [6.45, 7) is 6.54. The zero-order chi connectivity index (χ0) is 32.0. The van der Waals surface area contributed by atoms with E-state index >= 15 is 0 Å². The number of hydrogen-bond acceptors (Lipinski definition) is 10. The van der Waals surface area contributed by atoms with E-state index in [0.717, 1.165) is 5.01 Å². The number of piperazine rings is 1. The van der Waals surface area contributed by atoms with E-state index in [1.165, 1.54) is 25.6 Å². The molecule has 10 nitrogen and oxygen atoms in total. The fraction of sp³-hybridized carbons (Fsp3) is 0.484. The van der Waals surface area contributed by atoms with Crippen LogP contribution in [-0.2, 0) is 30.3 Å². The van der Waals surface area contributed by atoms with Gasteiger partial charge in [-0.1, -0.05) is 29.3 Å². The van der Waals surface area contributed by atoms with E-state index in [9.17, 15) is 19.6 Å². The molecule has 1 amide bonds. The number of nitriles is 1. The van der Waals surface area contributed by atoms with Crippen LogP contribution in [0.3, 0.4) is 0 Å². The minimum absolute atomic E-state index is 0.0404. The topological polar surface area (TPSA) is 125 Å². The van der Waals surface area contributed by atoms with Gasteiger partial charge in [-0.15, -0.1) is 11.3 Å². The lowest BCUT2D eigenvalue weighted by molar-refractivity contribution is -0.143. The predicted molar refractivity (Wildman–Crippen MR) is 169 cm³/mol. The van der Waals surface area contributed by atoms with E-state index in [0.29, 0.717) is 56.8 Å². The van der Waals surface area contributed by atoms with Crippen LogP contribution in [0.2, 0.25) is 10.0 Å². The van der Waals surface area contributed by atoms with Crippen molar-refractivity contribution in [2.24, 2.45) is 16.3 Å². The van der Waals surface area contributed by atoms with Crippen molar-refractivity contribution in [2.75, 3.05) is 46.9 Å². The molecule has 2 atom stereocenters. The summed E-state index contributed by atoms with van der Waals surface area (Å²) in [6, 6.07) is 7.25. The average molecular weight is 661 g/mol. The molecule has 2 aromatic rings. The van der Waals surface area contributed by atoms with Gasteiger partial charge in [0.2, 0.25) is 5.91 Å². The molecule has 1 aromatic carbocycles. The molecule has 0 spiro atoms.